The zero-order valence-electron chi connectivity index (χ0n) is 2.12. The zero-order valence-corrected chi connectivity index (χ0v) is 4.59. The molecular weight excluding hydrogens is 165 g/mol. The lowest BCUT2D eigenvalue weighted by atomic mass is 11.7. The Morgan fingerprint density at radius 3 is 1.40 bits per heavy atom. The SMILES string of the molecule is Br.FC(F)Cl. The first-order valence-electron chi connectivity index (χ1n) is 0.655. The van der Waals surface area contributed by atoms with E-state index in [9.17, 15) is 8.78 Å². The maximum atomic E-state index is 10.1. The van der Waals surface area contributed by atoms with Crippen LogP contribution in [-0.4, -0.2) is 5.88 Å². The Kier molecular flexibility index (Phi) is 8.48. The van der Waals surface area contributed by atoms with Gasteiger partial charge < -0.3 is 0 Å². The van der Waals surface area contributed by atoms with Crippen LogP contribution in [0.15, 0.2) is 0 Å². The summed E-state index contributed by atoms with van der Waals surface area (Å²) in [6, 6.07) is 0. The van der Waals surface area contributed by atoms with Crippen molar-refractivity contribution < 1.29 is 8.78 Å². The Hall–Kier alpha value is 0.630. The fraction of sp³-hybridized carbons (Fsp3) is 1.00. The van der Waals surface area contributed by atoms with Crippen molar-refractivity contribution in [1.82, 2.24) is 0 Å². The lowest BCUT2D eigenvalue weighted by Gasteiger charge is -1.66. The van der Waals surface area contributed by atoms with Crippen molar-refractivity contribution in [2.75, 3.05) is 0 Å². The molecule has 0 rings (SSSR count). The Morgan fingerprint density at radius 1 is 1.40 bits per heavy atom. The molecule has 34 valence electrons. The topological polar surface area (TPSA) is 0 Å². The third kappa shape index (κ3) is 80.7. The summed E-state index contributed by atoms with van der Waals surface area (Å²) in [6.07, 6.45) is 0. The Morgan fingerprint density at radius 2 is 1.40 bits per heavy atom. The van der Waals surface area contributed by atoms with E-state index in [1.807, 2.05) is 0 Å². The minimum Gasteiger partial charge on any atom is -0.192 e. The highest BCUT2D eigenvalue weighted by Crippen LogP contribution is 1.93. The fourth-order valence-electron chi connectivity index (χ4n) is 0. The third-order valence-corrected chi connectivity index (χ3v) is 0. The van der Waals surface area contributed by atoms with Crippen molar-refractivity contribution in [2.45, 2.75) is 5.88 Å². The van der Waals surface area contributed by atoms with E-state index in [4.69, 9.17) is 0 Å². The first kappa shape index (κ1) is 9.16. The number of hydrogen-bond acceptors (Lipinski definition) is 0. The quantitative estimate of drug-likeness (QED) is 0.484. The molecule has 0 radical (unpaired) electrons. The molecule has 0 aliphatic heterocycles. The summed E-state index contributed by atoms with van der Waals surface area (Å²) < 4.78 is 20.2. The van der Waals surface area contributed by atoms with Gasteiger partial charge in [0.2, 0.25) is 0 Å². The van der Waals surface area contributed by atoms with Crippen molar-refractivity contribution in [1.29, 1.82) is 0 Å². The van der Waals surface area contributed by atoms with Crippen molar-refractivity contribution in [3.8, 4) is 0 Å². The normalized spacial score (nSPS) is 7.20. The molecule has 0 saturated heterocycles. The van der Waals surface area contributed by atoms with E-state index in [1.54, 1.807) is 0 Å². The van der Waals surface area contributed by atoms with Gasteiger partial charge in [0.1, 0.15) is 0 Å². The average molecular weight is 167 g/mol. The predicted molar refractivity (Wildman–Crippen MR) is 22.2 cm³/mol. The molecule has 4 heteroatoms. The van der Waals surface area contributed by atoms with Crippen LogP contribution < -0.4 is 0 Å². The van der Waals surface area contributed by atoms with Gasteiger partial charge in [-0.1, -0.05) is 11.6 Å². The molecular formula is CH2BrClF2. The van der Waals surface area contributed by atoms with E-state index in [1.165, 1.54) is 0 Å². The first-order valence-corrected chi connectivity index (χ1v) is 1.09. The van der Waals surface area contributed by atoms with Gasteiger partial charge in [-0.2, -0.15) is 8.78 Å². The summed E-state index contributed by atoms with van der Waals surface area (Å²) in [5.41, 5.74) is 0. The number of halogens is 4. The summed E-state index contributed by atoms with van der Waals surface area (Å²) in [5, 5.41) is 0. The van der Waals surface area contributed by atoms with Crippen molar-refractivity contribution in [3.05, 3.63) is 0 Å². The second-order valence-electron chi connectivity index (χ2n) is 0.247. The molecule has 0 bridgehead atoms. The van der Waals surface area contributed by atoms with Gasteiger partial charge in [-0.05, 0) is 0 Å². The van der Waals surface area contributed by atoms with Crippen molar-refractivity contribution in [3.63, 3.8) is 0 Å². The standard InChI is InChI=1S/CHClF2.BrH/c2-1(3)4;/h1H;1H. The van der Waals surface area contributed by atoms with Crippen LogP contribution in [0.2, 0.25) is 0 Å². The lowest BCUT2D eigenvalue weighted by Crippen LogP contribution is -1.62. The van der Waals surface area contributed by atoms with Gasteiger partial charge in [-0.25, -0.2) is 0 Å². The first-order chi connectivity index (χ1) is 1.73. The van der Waals surface area contributed by atoms with E-state index < -0.39 is 5.88 Å². The van der Waals surface area contributed by atoms with E-state index in [2.05, 4.69) is 11.6 Å². The van der Waals surface area contributed by atoms with Crippen LogP contribution in [0.5, 0.6) is 0 Å². The van der Waals surface area contributed by atoms with Gasteiger partial charge in [-0.3, -0.25) is 0 Å². The third-order valence-electron chi connectivity index (χ3n) is 0. The average Bonchev–Trinajstić information content (AvgIpc) is 0.811. The van der Waals surface area contributed by atoms with Crippen LogP contribution in [0.1, 0.15) is 0 Å². The Bertz CT molecular complexity index is 14.4. The largest absolute Gasteiger partial charge is 0.312 e. The van der Waals surface area contributed by atoms with Crippen LogP contribution in [-0.2, 0) is 0 Å². The highest BCUT2D eigenvalue weighted by Gasteiger charge is 1.83. The molecule has 0 aliphatic rings. The van der Waals surface area contributed by atoms with E-state index in [-0.39, 0.29) is 17.0 Å². The van der Waals surface area contributed by atoms with Crippen LogP contribution in [0.25, 0.3) is 0 Å². The molecule has 0 fully saturated rings. The minimum atomic E-state index is -2.69. The van der Waals surface area contributed by atoms with Gasteiger partial charge in [-0.15, -0.1) is 17.0 Å². The second kappa shape index (κ2) is 4.63. The molecule has 0 atom stereocenters. The smallest absolute Gasteiger partial charge is 0.192 e. The van der Waals surface area contributed by atoms with Gasteiger partial charge in [0.15, 0.2) is 0 Å². The number of rotatable bonds is 0. The predicted octanol–water partition coefficient (Wildman–Crippen LogP) is 2.03. The van der Waals surface area contributed by atoms with Crippen molar-refractivity contribution >= 4 is 28.6 Å². The number of alkyl halides is 3. The molecule has 0 amide bonds. The summed E-state index contributed by atoms with van der Waals surface area (Å²) >= 11 is 3.94. The highest BCUT2D eigenvalue weighted by atomic mass is 79.9. The van der Waals surface area contributed by atoms with Gasteiger partial charge in [0.05, 0.1) is 0 Å². The summed E-state index contributed by atoms with van der Waals surface area (Å²) in [4.78, 5) is 0. The van der Waals surface area contributed by atoms with Crippen LogP contribution >= 0.6 is 28.6 Å². The molecule has 0 heterocycles. The Labute approximate surface area is 43.9 Å². The molecule has 0 saturated carbocycles. The molecule has 0 aromatic carbocycles. The minimum absolute atomic E-state index is 0. The van der Waals surface area contributed by atoms with Gasteiger partial charge in [0.25, 0.3) is 0 Å². The van der Waals surface area contributed by atoms with Gasteiger partial charge >= 0.3 is 5.88 Å². The summed E-state index contributed by atoms with van der Waals surface area (Å²) in [6.45, 7) is 0. The van der Waals surface area contributed by atoms with Crippen molar-refractivity contribution in [2.24, 2.45) is 0 Å². The molecule has 0 unspecified atom stereocenters. The van der Waals surface area contributed by atoms with Crippen LogP contribution in [0.3, 0.4) is 0 Å². The second-order valence-corrected chi connectivity index (χ2v) is 0.577. The van der Waals surface area contributed by atoms with E-state index in [0.717, 1.165) is 0 Å². The highest BCUT2D eigenvalue weighted by molar-refractivity contribution is 8.93. The maximum Gasteiger partial charge on any atom is 0.312 e. The zero-order chi connectivity index (χ0) is 3.58. The molecule has 0 N–H and O–H groups in total. The molecule has 0 spiro atoms. The lowest BCUT2D eigenvalue weighted by molar-refractivity contribution is 0.243. The van der Waals surface area contributed by atoms with Crippen LogP contribution in [0.4, 0.5) is 8.78 Å². The fourth-order valence-corrected chi connectivity index (χ4v) is 0. The Balaban J connectivity index is 0. The maximum absolute atomic E-state index is 10.1. The molecule has 5 heavy (non-hydrogen) atoms. The van der Waals surface area contributed by atoms with Crippen LogP contribution in [0, 0.1) is 0 Å². The van der Waals surface area contributed by atoms with E-state index in [0.29, 0.717) is 0 Å². The number of hydrogen-bond donors (Lipinski definition) is 0. The monoisotopic (exact) mass is 166 g/mol. The van der Waals surface area contributed by atoms with Gasteiger partial charge in [0, 0.05) is 0 Å². The molecule has 0 aromatic heterocycles. The summed E-state index contributed by atoms with van der Waals surface area (Å²) in [5.74, 6) is -2.69. The molecule has 0 aromatic rings. The van der Waals surface area contributed by atoms with E-state index >= 15 is 0 Å². The molecule has 0 nitrogen and oxygen atoms in total. The summed E-state index contributed by atoms with van der Waals surface area (Å²) in [7, 11) is 0. The molecule has 0 aliphatic carbocycles.